The van der Waals surface area contributed by atoms with Crippen LogP contribution in [0.5, 0.6) is 0 Å². The summed E-state index contributed by atoms with van der Waals surface area (Å²) in [6, 6.07) is 3.53. The third kappa shape index (κ3) is 6.11. The number of hydrogen-bond donors (Lipinski definition) is 4. The maximum absolute atomic E-state index is 14.7. The van der Waals surface area contributed by atoms with E-state index in [4.69, 9.17) is 0 Å². The molecular formula is C26H34FN7O3. The standard InChI is InChI=1S/C26H34FN7O3/c1-15(2)17-11-30-22(23(36)31-13-25(3,4)37)18-12-29-21(10-16(17)18)32-20-6-8-28-24(33-20)34-9-7-19(35)26(5,27)14-34/h6,8,10-12,15,19,35,37H,7,9,13-14H2,1-5H3,(H,31,36)(H,28,29,32,33)/t19-,26+/m1/s1. The lowest BCUT2D eigenvalue weighted by Crippen LogP contribution is -2.52. The van der Waals surface area contributed by atoms with Gasteiger partial charge in [0.05, 0.1) is 18.2 Å². The van der Waals surface area contributed by atoms with Gasteiger partial charge in [0.15, 0.2) is 5.67 Å². The Bertz CT molecular complexity index is 1290. The zero-order valence-corrected chi connectivity index (χ0v) is 21.8. The van der Waals surface area contributed by atoms with E-state index < -0.39 is 23.3 Å². The molecule has 0 aliphatic carbocycles. The van der Waals surface area contributed by atoms with Crippen molar-refractivity contribution < 1.29 is 19.4 Å². The second kappa shape index (κ2) is 10.1. The van der Waals surface area contributed by atoms with E-state index in [2.05, 4.69) is 30.6 Å². The molecule has 3 aromatic rings. The number of rotatable bonds is 7. The molecule has 0 spiro atoms. The Morgan fingerprint density at radius 1 is 1.24 bits per heavy atom. The van der Waals surface area contributed by atoms with Gasteiger partial charge in [-0.05, 0) is 56.2 Å². The molecule has 0 unspecified atom stereocenters. The van der Waals surface area contributed by atoms with Crippen LogP contribution in [-0.2, 0) is 0 Å². The Hall–Kier alpha value is -3.44. The van der Waals surface area contributed by atoms with E-state index in [0.29, 0.717) is 29.5 Å². The first-order chi connectivity index (χ1) is 17.3. The number of aromatic nitrogens is 4. The van der Waals surface area contributed by atoms with Gasteiger partial charge in [0.2, 0.25) is 5.95 Å². The number of nitrogens with one attached hydrogen (secondary N) is 2. The van der Waals surface area contributed by atoms with Crippen LogP contribution in [0, 0.1) is 0 Å². The van der Waals surface area contributed by atoms with Crippen molar-refractivity contribution in [2.45, 2.75) is 64.3 Å². The molecule has 1 saturated heterocycles. The summed E-state index contributed by atoms with van der Waals surface area (Å²) in [5.41, 5.74) is -1.61. The third-order valence-corrected chi connectivity index (χ3v) is 6.37. The summed E-state index contributed by atoms with van der Waals surface area (Å²) in [5.74, 6) is 1.11. The number of carbonyl (C=O) groups excluding carboxylic acids is 1. The second-order valence-electron chi connectivity index (χ2n) is 10.7. The first kappa shape index (κ1) is 26.6. The number of piperidine rings is 1. The first-order valence-corrected chi connectivity index (χ1v) is 12.4. The highest BCUT2D eigenvalue weighted by molar-refractivity contribution is 6.06. The van der Waals surface area contributed by atoms with Crippen LogP contribution < -0.4 is 15.5 Å². The minimum Gasteiger partial charge on any atom is -0.390 e. The predicted octanol–water partition coefficient (Wildman–Crippen LogP) is 3.09. The molecule has 11 heteroatoms. The van der Waals surface area contributed by atoms with Gasteiger partial charge in [0.25, 0.3) is 5.91 Å². The van der Waals surface area contributed by atoms with Gasteiger partial charge in [0, 0.05) is 37.1 Å². The number of aliphatic hydroxyl groups is 2. The maximum Gasteiger partial charge on any atom is 0.270 e. The molecule has 4 rings (SSSR count). The van der Waals surface area contributed by atoms with E-state index in [1.807, 2.05) is 19.9 Å². The van der Waals surface area contributed by atoms with Crippen LogP contribution >= 0.6 is 0 Å². The molecule has 3 aromatic heterocycles. The molecule has 4 N–H and O–H groups in total. The lowest BCUT2D eigenvalue weighted by Gasteiger charge is -2.38. The zero-order valence-electron chi connectivity index (χ0n) is 21.8. The molecule has 1 aliphatic rings. The Morgan fingerprint density at radius 2 is 2.00 bits per heavy atom. The molecule has 0 bridgehead atoms. The van der Waals surface area contributed by atoms with Crippen LogP contribution in [-0.4, -0.2) is 73.1 Å². The molecule has 4 heterocycles. The smallest absolute Gasteiger partial charge is 0.270 e. The van der Waals surface area contributed by atoms with Crippen molar-refractivity contribution in [3.05, 3.63) is 42.0 Å². The minimum atomic E-state index is -1.75. The Morgan fingerprint density at radius 3 is 2.68 bits per heavy atom. The first-order valence-electron chi connectivity index (χ1n) is 12.4. The van der Waals surface area contributed by atoms with Gasteiger partial charge in [-0.1, -0.05) is 13.8 Å². The number of alkyl halides is 1. The number of carbonyl (C=O) groups is 1. The summed E-state index contributed by atoms with van der Waals surface area (Å²) in [7, 11) is 0. The highest BCUT2D eigenvalue weighted by Crippen LogP contribution is 2.30. The molecule has 1 amide bonds. The van der Waals surface area contributed by atoms with Crippen LogP contribution in [0.25, 0.3) is 10.8 Å². The van der Waals surface area contributed by atoms with Crippen LogP contribution in [0.3, 0.4) is 0 Å². The second-order valence-corrected chi connectivity index (χ2v) is 10.7. The molecule has 0 radical (unpaired) electrons. The normalized spacial score (nSPS) is 20.4. The van der Waals surface area contributed by atoms with E-state index in [0.717, 1.165) is 10.9 Å². The highest BCUT2D eigenvalue weighted by atomic mass is 19.1. The molecule has 0 saturated carbocycles. The number of nitrogens with zero attached hydrogens (tertiary/aromatic N) is 5. The van der Waals surface area contributed by atoms with Gasteiger partial charge in [-0.3, -0.25) is 9.78 Å². The summed E-state index contributed by atoms with van der Waals surface area (Å²) in [6.45, 7) is 9.22. The highest BCUT2D eigenvalue weighted by Gasteiger charge is 2.39. The van der Waals surface area contributed by atoms with Crippen molar-refractivity contribution in [3.63, 3.8) is 0 Å². The zero-order chi connectivity index (χ0) is 27.0. The average molecular weight is 512 g/mol. The molecule has 37 heavy (non-hydrogen) atoms. The number of pyridine rings is 2. The molecule has 198 valence electrons. The lowest BCUT2D eigenvalue weighted by atomic mass is 9.94. The Labute approximate surface area is 215 Å². The predicted molar refractivity (Wildman–Crippen MR) is 140 cm³/mol. The summed E-state index contributed by atoms with van der Waals surface area (Å²) < 4.78 is 14.7. The maximum atomic E-state index is 14.7. The summed E-state index contributed by atoms with van der Waals surface area (Å²) >= 11 is 0. The van der Waals surface area contributed by atoms with E-state index in [1.54, 1.807) is 43.4 Å². The van der Waals surface area contributed by atoms with Crippen LogP contribution in [0.1, 0.15) is 63.0 Å². The fraction of sp³-hybridized carbons (Fsp3) is 0.500. The van der Waals surface area contributed by atoms with Crippen LogP contribution in [0.4, 0.5) is 22.0 Å². The Kier molecular flexibility index (Phi) is 7.29. The summed E-state index contributed by atoms with van der Waals surface area (Å²) in [6.07, 6.45) is 4.15. The lowest BCUT2D eigenvalue weighted by molar-refractivity contribution is -0.00860. The van der Waals surface area contributed by atoms with Crippen molar-refractivity contribution in [3.8, 4) is 0 Å². The fourth-order valence-electron chi connectivity index (χ4n) is 4.25. The average Bonchev–Trinajstić information content (AvgIpc) is 2.83. The number of amides is 1. The van der Waals surface area contributed by atoms with Crippen molar-refractivity contribution in [1.82, 2.24) is 25.3 Å². The van der Waals surface area contributed by atoms with Gasteiger partial charge < -0.3 is 25.7 Å². The quantitative estimate of drug-likeness (QED) is 0.377. The minimum absolute atomic E-state index is 0.00506. The topological polar surface area (TPSA) is 136 Å². The number of anilines is 3. The molecule has 2 atom stereocenters. The van der Waals surface area contributed by atoms with Gasteiger partial charge in [-0.15, -0.1) is 0 Å². The number of halogens is 1. The van der Waals surface area contributed by atoms with Gasteiger partial charge >= 0.3 is 0 Å². The van der Waals surface area contributed by atoms with E-state index in [1.165, 1.54) is 6.92 Å². The molecule has 0 aromatic carbocycles. The molecule has 10 nitrogen and oxygen atoms in total. The summed E-state index contributed by atoms with van der Waals surface area (Å²) in [4.78, 5) is 32.2. The monoisotopic (exact) mass is 511 g/mol. The number of fused-ring (bicyclic) bond motifs is 1. The van der Waals surface area contributed by atoms with Gasteiger partial charge in [-0.25, -0.2) is 14.4 Å². The van der Waals surface area contributed by atoms with Crippen molar-refractivity contribution in [2.24, 2.45) is 0 Å². The van der Waals surface area contributed by atoms with Crippen molar-refractivity contribution in [1.29, 1.82) is 0 Å². The Balaban J connectivity index is 1.62. The van der Waals surface area contributed by atoms with Gasteiger partial charge in [0.1, 0.15) is 17.3 Å². The molecule has 1 fully saturated rings. The van der Waals surface area contributed by atoms with E-state index in [9.17, 15) is 19.4 Å². The summed E-state index contributed by atoms with van der Waals surface area (Å²) in [5, 5.41) is 27.2. The van der Waals surface area contributed by atoms with E-state index in [-0.39, 0.29) is 31.1 Å². The van der Waals surface area contributed by atoms with Crippen molar-refractivity contribution >= 4 is 34.3 Å². The third-order valence-electron chi connectivity index (χ3n) is 6.37. The van der Waals surface area contributed by atoms with Crippen LogP contribution in [0.2, 0.25) is 0 Å². The van der Waals surface area contributed by atoms with E-state index >= 15 is 0 Å². The number of aliphatic hydroxyl groups excluding tert-OH is 1. The number of hydrogen-bond acceptors (Lipinski definition) is 9. The fourth-order valence-corrected chi connectivity index (χ4v) is 4.25. The van der Waals surface area contributed by atoms with Crippen molar-refractivity contribution in [2.75, 3.05) is 29.9 Å². The molecular weight excluding hydrogens is 477 g/mol. The van der Waals surface area contributed by atoms with Crippen LogP contribution in [0.15, 0.2) is 30.7 Å². The SMILES string of the molecule is CC(C)c1cnc(C(=O)NCC(C)(C)O)c2cnc(Nc3ccnc(N4CC[C@@H](O)[C@@](C)(F)C4)n3)cc12. The molecule has 1 aliphatic heterocycles. The van der Waals surface area contributed by atoms with Gasteiger partial charge in [-0.2, -0.15) is 4.98 Å². The largest absolute Gasteiger partial charge is 0.390 e.